The van der Waals surface area contributed by atoms with E-state index in [1.807, 2.05) is 0 Å². The summed E-state index contributed by atoms with van der Waals surface area (Å²) in [6.07, 6.45) is -0.568. The number of carbonyl (C=O) groups is 1. The van der Waals surface area contributed by atoms with Gasteiger partial charge in [-0.05, 0) is 37.1 Å². The van der Waals surface area contributed by atoms with E-state index >= 15 is 0 Å². The van der Waals surface area contributed by atoms with Crippen LogP contribution in [0.5, 0.6) is 0 Å². The summed E-state index contributed by atoms with van der Waals surface area (Å²) in [4.78, 5) is 18.3. The summed E-state index contributed by atoms with van der Waals surface area (Å²) in [6, 6.07) is 5.36. The molecule has 28 heavy (non-hydrogen) atoms. The van der Waals surface area contributed by atoms with E-state index in [4.69, 9.17) is 11.6 Å². The van der Waals surface area contributed by atoms with Gasteiger partial charge in [0, 0.05) is 37.0 Å². The lowest BCUT2D eigenvalue weighted by atomic mass is 9.96. The molecule has 1 amide bonds. The predicted molar refractivity (Wildman–Crippen MR) is 95.1 cm³/mol. The Morgan fingerprint density at radius 2 is 2.04 bits per heavy atom. The van der Waals surface area contributed by atoms with Crippen molar-refractivity contribution in [1.29, 1.82) is 0 Å². The number of carbonyl (C=O) groups excluding carboxylic acids is 1. The molecule has 0 aliphatic carbocycles. The zero-order valence-electron chi connectivity index (χ0n) is 14.5. The number of hydrogen-bond acceptors (Lipinski definition) is 4. The largest absolute Gasteiger partial charge is 0.417 e. The van der Waals surface area contributed by atoms with Crippen molar-refractivity contribution >= 4 is 23.2 Å². The van der Waals surface area contributed by atoms with Crippen LogP contribution in [0, 0.1) is 0 Å². The summed E-state index contributed by atoms with van der Waals surface area (Å²) in [7, 11) is 0. The Bertz CT molecular complexity index is 1040. The molecule has 0 N–H and O–H groups in total. The maximum absolute atomic E-state index is 13.1. The van der Waals surface area contributed by atoms with Crippen LogP contribution in [0.4, 0.5) is 13.2 Å². The third-order valence-electron chi connectivity index (χ3n) is 4.80. The summed E-state index contributed by atoms with van der Waals surface area (Å²) < 4.78 is 40.5. The highest BCUT2D eigenvalue weighted by atomic mass is 35.5. The quantitative estimate of drug-likeness (QED) is 0.604. The van der Waals surface area contributed by atoms with Crippen molar-refractivity contribution in [2.24, 2.45) is 0 Å². The maximum atomic E-state index is 13.1. The molecule has 4 heterocycles. The molecule has 4 rings (SSSR count). The Hall–Kier alpha value is -2.68. The maximum Gasteiger partial charge on any atom is 0.417 e. The molecule has 0 bridgehead atoms. The average molecular weight is 410 g/mol. The van der Waals surface area contributed by atoms with Crippen LogP contribution >= 0.6 is 11.6 Å². The van der Waals surface area contributed by atoms with Crippen molar-refractivity contribution in [1.82, 2.24) is 24.5 Å². The highest BCUT2D eigenvalue weighted by Gasteiger charge is 2.33. The second-order valence-electron chi connectivity index (χ2n) is 6.66. The normalized spacial score (nSPS) is 17.9. The first-order chi connectivity index (χ1) is 13.3. The molecule has 1 saturated heterocycles. The monoisotopic (exact) mass is 409 g/mol. The van der Waals surface area contributed by atoms with Gasteiger partial charge in [-0.3, -0.25) is 9.20 Å². The highest BCUT2D eigenvalue weighted by molar-refractivity contribution is 6.29. The minimum atomic E-state index is -4.45. The Kier molecular flexibility index (Phi) is 4.70. The van der Waals surface area contributed by atoms with E-state index in [9.17, 15) is 18.0 Å². The van der Waals surface area contributed by atoms with Gasteiger partial charge in [-0.2, -0.15) is 13.2 Å². The number of fused-ring (bicyclic) bond motifs is 1. The van der Waals surface area contributed by atoms with Crippen LogP contribution in [0.1, 0.15) is 40.5 Å². The minimum Gasteiger partial charge on any atom is -0.338 e. The van der Waals surface area contributed by atoms with Crippen LogP contribution in [-0.4, -0.2) is 43.5 Å². The summed E-state index contributed by atoms with van der Waals surface area (Å²) >= 11 is 5.86. The summed E-state index contributed by atoms with van der Waals surface area (Å²) in [5.74, 6) is 0.0126. The second-order valence-corrected chi connectivity index (χ2v) is 7.05. The Morgan fingerprint density at radius 1 is 1.21 bits per heavy atom. The first-order valence-electron chi connectivity index (χ1n) is 8.65. The first-order valence-corrected chi connectivity index (χ1v) is 9.03. The van der Waals surface area contributed by atoms with Gasteiger partial charge in [0.05, 0.1) is 5.56 Å². The van der Waals surface area contributed by atoms with Gasteiger partial charge in [-0.1, -0.05) is 11.6 Å². The SMILES string of the molecule is O=C(c1ccnc(Cl)c1)N1CCCC(c2nnc3ccc(C(F)(F)F)cn23)C1. The van der Waals surface area contributed by atoms with Crippen molar-refractivity contribution in [2.45, 2.75) is 24.9 Å². The van der Waals surface area contributed by atoms with Gasteiger partial charge in [-0.15, -0.1) is 10.2 Å². The van der Waals surface area contributed by atoms with Crippen LogP contribution in [0.3, 0.4) is 0 Å². The third-order valence-corrected chi connectivity index (χ3v) is 5.01. The molecule has 6 nitrogen and oxygen atoms in total. The fourth-order valence-electron chi connectivity index (χ4n) is 3.44. The van der Waals surface area contributed by atoms with E-state index in [2.05, 4.69) is 15.2 Å². The van der Waals surface area contributed by atoms with Crippen LogP contribution < -0.4 is 0 Å². The van der Waals surface area contributed by atoms with Crippen LogP contribution in [0.15, 0.2) is 36.7 Å². The van der Waals surface area contributed by atoms with Crippen molar-refractivity contribution in [2.75, 3.05) is 13.1 Å². The number of halogens is 4. The topological polar surface area (TPSA) is 63.4 Å². The molecule has 1 fully saturated rings. The number of pyridine rings is 2. The number of amides is 1. The number of aromatic nitrogens is 4. The van der Waals surface area contributed by atoms with E-state index in [1.54, 1.807) is 11.0 Å². The Morgan fingerprint density at radius 3 is 2.79 bits per heavy atom. The summed E-state index contributed by atoms with van der Waals surface area (Å²) in [6.45, 7) is 0.898. The molecule has 0 spiro atoms. The average Bonchev–Trinajstić information content (AvgIpc) is 3.10. The van der Waals surface area contributed by atoms with Gasteiger partial charge >= 0.3 is 6.18 Å². The lowest BCUT2D eigenvalue weighted by molar-refractivity contribution is -0.137. The molecule has 1 unspecified atom stereocenters. The second kappa shape index (κ2) is 7.05. The summed E-state index contributed by atoms with van der Waals surface area (Å²) in [5, 5.41) is 8.30. The molecule has 10 heteroatoms. The van der Waals surface area contributed by atoms with E-state index < -0.39 is 11.7 Å². The van der Waals surface area contributed by atoms with E-state index in [0.717, 1.165) is 12.3 Å². The fraction of sp³-hybridized carbons (Fsp3) is 0.333. The van der Waals surface area contributed by atoms with Gasteiger partial charge in [0.15, 0.2) is 5.65 Å². The van der Waals surface area contributed by atoms with Crippen LogP contribution in [-0.2, 0) is 6.18 Å². The Balaban J connectivity index is 1.62. The molecule has 1 atom stereocenters. The first kappa shape index (κ1) is 18.7. The number of alkyl halides is 3. The van der Waals surface area contributed by atoms with E-state index in [-0.39, 0.29) is 17.0 Å². The molecule has 146 valence electrons. The van der Waals surface area contributed by atoms with Crippen LogP contribution in [0.25, 0.3) is 5.65 Å². The van der Waals surface area contributed by atoms with Crippen molar-refractivity contribution in [3.05, 3.63) is 58.8 Å². The van der Waals surface area contributed by atoms with Gasteiger partial charge in [-0.25, -0.2) is 4.98 Å². The molecular formula is C18H15ClF3N5O. The van der Waals surface area contributed by atoms with Crippen molar-refractivity contribution in [3.63, 3.8) is 0 Å². The molecule has 0 radical (unpaired) electrons. The molecule has 3 aromatic heterocycles. The van der Waals surface area contributed by atoms with Gasteiger partial charge < -0.3 is 4.90 Å². The number of nitrogens with zero attached hydrogens (tertiary/aromatic N) is 5. The smallest absolute Gasteiger partial charge is 0.338 e. The summed E-state index contributed by atoms with van der Waals surface area (Å²) in [5.41, 5.74) is -0.00491. The zero-order chi connectivity index (χ0) is 19.9. The number of rotatable bonds is 2. The lowest BCUT2D eigenvalue weighted by Gasteiger charge is -2.32. The van der Waals surface area contributed by atoms with Crippen molar-refractivity contribution in [3.8, 4) is 0 Å². The predicted octanol–water partition coefficient (Wildman–Crippen LogP) is 3.82. The number of piperidine rings is 1. The molecule has 0 saturated carbocycles. The molecule has 1 aliphatic heterocycles. The molecule has 3 aromatic rings. The van der Waals surface area contributed by atoms with E-state index in [0.29, 0.717) is 43.0 Å². The third kappa shape index (κ3) is 3.54. The molecule has 0 aromatic carbocycles. The van der Waals surface area contributed by atoms with Gasteiger partial charge in [0.1, 0.15) is 11.0 Å². The minimum absolute atomic E-state index is 0.196. The Labute approximate surface area is 163 Å². The number of hydrogen-bond donors (Lipinski definition) is 0. The fourth-order valence-corrected chi connectivity index (χ4v) is 3.62. The van der Waals surface area contributed by atoms with Crippen molar-refractivity contribution < 1.29 is 18.0 Å². The molecule has 1 aliphatic rings. The zero-order valence-corrected chi connectivity index (χ0v) is 15.3. The standard InChI is InChI=1S/C18H15ClF3N5O/c19-14-8-11(5-6-23-14)17(28)26-7-1-2-12(9-26)16-25-24-15-4-3-13(10-27(15)16)18(20,21)22/h3-6,8,10,12H,1-2,7,9H2. The highest BCUT2D eigenvalue weighted by Crippen LogP contribution is 2.31. The lowest BCUT2D eigenvalue weighted by Crippen LogP contribution is -2.39. The molecular weight excluding hydrogens is 395 g/mol. The van der Waals surface area contributed by atoms with Gasteiger partial charge in [0.2, 0.25) is 0 Å². The van der Waals surface area contributed by atoms with E-state index in [1.165, 1.54) is 22.7 Å². The van der Waals surface area contributed by atoms with Crippen LogP contribution in [0.2, 0.25) is 5.15 Å². The number of likely N-dealkylation sites (tertiary alicyclic amines) is 1. The van der Waals surface area contributed by atoms with Gasteiger partial charge in [0.25, 0.3) is 5.91 Å².